The number of hydrogen-bond acceptors (Lipinski definition) is 12. The lowest BCUT2D eigenvalue weighted by molar-refractivity contribution is 0.221. The average Bonchev–Trinajstić information content (AvgIpc) is 3.96. The van der Waals surface area contributed by atoms with Gasteiger partial charge in [0, 0.05) is 52.8 Å². The molecule has 68 heavy (non-hydrogen) atoms. The summed E-state index contributed by atoms with van der Waals surface area (Å²) in [6, 6.07) is 40.5. The Morgan fingerprint density at radius 1 is 0.324 bits per heavy atom. The Morgan fingerprint density at radius 3 is 1.28 bits per heavy atom. The zero-order valence-electron chi connectivity index (χ0n) is 35.8. The van der Waals surface area contributed by atoms with Crippen LogP contribution in [-0.4, -0.2) is 51.1 Å². The molecule has 0 amide bonds. The summed E-state index contributed by atoms with van der Waals surface area (Å²) in [7, 11) is 0. The molecule has 0 unspecified atom stereocenters. The number of phenolic OH excluding ortho intramolecular Hbond substituents is 10. The molecular formula is C56H42O12. The Balaban J connectivity index is 1.06. The van der Waals surface area contributed by atoms with Gasteiger partial charge in [0.2, 0.25) is 0 Å². The summed E-state index contributed by atoms with van der Waals surface area (Å²) in [5.74, 6) is -2.46. The van der Waals surface area contributed by atoms with Crippen LogP contribution in [0, 0.1) is 0 Å². The first-order valence-electron chi connectivity index (χ1n) is 21.8. The van der Waals surface area contributed by atoms with Crippen LogP contribution >= 0.6 is 0 Å². The minimum absolute atomic E-state index is 0.0422. The molecule has 0 radical (unpaired) electrons. The number of benzene rings is 8. The number of rotatable bonds is 7. The molecule has 0 aromatic heterocycles. The predicted molar refractivity (Wildman–Crippen MR) is 251 cm³/mol. The fourth-order valence-electron chi connectivity index (χ4n) is 10.6. The highest BCUT2D eigenvalue weighted by Gasteiger charge is 2.44. The first kappa shape index (κ1) is 41.8. The number of ether oxygens (including phenoxy) is 2. The third kappa shape index (κ3) is 7.28. The van der Waals surface area contributed by atoms with Gasteiger partial charge in [0.15, 0.2) is 0 Å². The molecule has 0 spiro atoms. The maximum atomic E-state index is 11.5. The van der Waals surface area contributed by atoms with E-state index in [0.717, 1.165) is 11.1 Å². The lowest BCUT2D eigenvalue weighted by Gasteiger charge is -2.24. The number of aromatic hydroxyl groups is 10. The second kappa shape index (κ2) is 15.9. The zero-order chi connectivity index (χ0) is 47.1. The highest BCUT2D eigenvalue weighted by Crippen LogP contribution is 2.60. The SMILES string of the molecule is Oc1ccc([C@H]2c3c(O)cc(O)cc3/C(=C\c3ccc4c(c3)[C@@H](c3cc(O)cc(O)c3)[C@H](c3ccc5c(c3)[C@H](c3cc(O)cc(O)c3)[C@@H](c3ccc(O)cc3)O5)O4)[C@@H]2c2cc(O)cc(O)c2)cc1. The molecule has 6 atom stereocenters. The van der Waals surface area contributed by atoms with Crippen molar-refractivity contribution in [2.24, 2.45) is 0 Å². The smallest absolute Gasteiger partial charge is 0.135 e. The van der Waals surface area contributed by atoms with Crippen LogP contribution in [0.1, 0.15) is 97.1 Å². The lowest BCUT2D eigenvalue weighted by Crippen LogP contribution is -2.13. The Bertz CT molecular complexity index is 3280. The van der Waals surface area contributed by atoms with Gasteiger partial charge in [-0.25, -0.2) is 0 Å². The van der Waals surface area contributed by atoms with Crippen molar-refractivity contribution in [2.75, 3.05) is 0 Å². The molecule has 0 saturated heterocycles. The maximum absolute atomic E-state index is 11.5. The Hall–Kier alpha value is -8.90. The molecule has 1 aliphatic carbocycles. The summed E-state index contributed by atoms with van der Waals surface area (Å²) in [5.41, 5.74) is 7.63. The summed E-state index contributed by atoms with van der Waals surface area (Å²) in [6.07, 6.45) is 0.581. The fourth-order valence-corrected chi connectivity index (χ4v) is 10.6. The Labute approximate surface area is 388 Å². The summed E-state index contributed by atoms with van der Waals surface area (Å²) in [4.78, 5) is 0. The van der Waals surface area contributed by atoms with Crippen LogP contribution in [0.4, 0.5) is 0 Å². The van der Waals surface area contributed by atoms with Crippen LogP contribution in [0.3, 0.4) is 0 Å². The fraction of sp³-hybridized carbons (Fsp3) is 0.107. The molecule has 0 fully saturated rings. The van der Waals surface area contributed by atoms with Crippen molar-refractivity contribution >= 4 is 11.6 Å². The van der Waals surface area contributed by atoms with Crippen LogP contribution in [0.15, 0.2) is 152 Å². The Morgan fingerprint density at radius 2 is 0.750 bits per heavy atom. The minimum Gasteiger partial charge on any atom is -0.508 e. The average molecular weight is 907 g/mol. The molecule has 3 aliphatic rings. The first-order chi connectivity index (χ1) is 32.7. The van der Waals surface area contributed by atoms with E-state index in [0.29, 0.717) is 67.1 Å². The van der Waals surface area contributed by atoms with Crippen molar-refractivity contribution in [1.82, 2.24) is 0 Å². The van der Waals surface area contributed by atoms with Crippen molar-refractivity contribution in [2.45, 2.75) is 35.9 Å². The van der Waals surface area contributed by atoms with E-state index < -0.39 is 35.9 Å². The first-order valence-corrected chi connectivity index (χ1v) is 21.8. The number of fused-ring (bicyclic) bond motifs is 3. The molecule has 8 aromatic rings. The molecule has 10 N–H and O–H groups in total. The highest BCUT2D eigenvalue weighted by molar-refractivity contribution is 5.93. The topological polar surface area (TPSA) is 221 Å². The standard InChI is InChI=1S/C56H42O12/c57-34-7-2-28(3-8-34)53-50(31-15-36(59)22-37(60)16-31)43(44-25-42(65)26-47(66)54(44)53)13-27-1-11-48-45(14-27)51(32-17-38(61)23-39(62)18-32)56(68-48)30-6-12-49-46(21-30)52(33-19-40(63)24-41(64)20-33)55(67-49)29-4-9-35(58)10-5-29/h1-26,50-53,55-66H/b43-13+/t50-,51+,52-,53+,55+,56-/m0/s1. The summed E-state index contributed by atoms with van der Waals surface area (Å²) < 4.78 is 13.4. The van der Waals surface area contributed by atoms with E-state index in [4.69, 9.17) is 9.47 Å². The van der Waals surface area contributed by atoms with Crippen LogP contribution in [0.5, 0.6) is 69.0 Å². The molecule has 2 heterocycles. The molecule has 12 nitrogen and oxygen atoms in total. The molecule has 8 aromatic carbocycles. The number of allylic oxidation sites excluding steroid dienone is 1. The molecule has 338 valence electrons. The van der Waals surface area contributed by atoms with Gasteiger partial charge in [-0.2, -0.15) is 0 Å². The van der Waals surface area contributed by atoms with E-state index in [2.05, 4.69) is 0 Å². The van der Waals surface area contributed by atoms with Crippen molar-refractivity contribution in [3.63, 3.8) is 0 Å². The van der Waals surface area contributed by atoms with E-state index >= 15 is 0 Å². The molecule has 12 heteroatoms. The minimum atomic E-state index is -0.728. The molecule has 0 bridgehead atoms. The molecule has 11 rings (SSSR count). The van der Waals surface area contributed by atoms with Crippen molar-refractivity contribution in [3.05, 3.63) is 213 Å². The van der Waals surface area contributed by atoms with E-state index in [-0.39, 0.29) is 57.5 Å². The monoisotopic (exact) mass is 906 g/mol. The second-order valence-electron chi connectivity index (χ2n) is 17.6. The Kier molecular flexibility index (Phi) is 9.78. The highest BCUT2D eigenvalue weighted by atomic mass is 16.5. The zero-order valence-corrected chi connectivity index (χ0v) is 35.8. The third-order valence-electron chi connectivity index (χ3n) is 13.3. The maximum Gasteiger partial charge on any atom is 0.135 e. The van der Waals surface area contributed by atoms with Crippen molar-refractivity contribution in [1.29, 1.82) is 0 Å². The largest absolute Gasteiger partial charge is 0.508 e. The number of phenols is 10. The van der Waals surface area contributed by atoms with Gasteiger partial charge in [0.1, 0.15) is 81.2 Å². The van der Waals surface area contributed by atoms with E-state index in [1.165, 1.54) is 24.3 Å². The number of hydrogen-bond donors (Lipinski definition) is 10. The third-order valence-corrected chi connectivity index (χ3v) is 13.3. The van der Waals surface area contributed by atoms with Crippen LogP contribution in [0.25, 0.3) is 11.6 Å². The molecular weight excluding hydrogens is 865 g/mol. The van der Waals surface area contributed by atoms with Gasteiger partial charge in [0.05, 0.1) is 11.8 Å². The van der Waals surface area contributed by atoms with Crippen LogP contribution in [-0.2, 0) is 0 Å². The summed E-state index contributed by atoms with van der Waals surface area (Å²) >= 11 is 0. The summed E-state index contributed by atoms with van der Waals surface area (Å²) in [6.45, 7) is 0. The van der Waals surface area contributed by atoms with E-state index in [1.807, 2.05) is 42.5 Å². The molecule has 2 aliphatic heterocycles. The second-order valence-corrected chi connectivity index (χ2v) is 17.6. The van der Waals surface area contributed by atoms with Gasteiger partial charge < -0.3 is 60.5 Å². The van der Waals surface area contributed by atoms with Crippen molar-refractivity contribution in [3.8, 4) is 69.0 Å². The van der Waals surface area contributed by atoms with Crippen LogP contribution in [0.2, 0.25) is 0 Å². The van der Waals surface area contributed by atoms with Crippen LogP contribution < -0.4 is 9.47 Å². The predicted octanol–water partition coefficient (Wildman–Crippen LogP) is 10.7. The summed E-state index contributed by atoms with van der Waals surface area (Å²) in [5, 5.41) is 107. The van der Waals surface area contributed by atoms with Gasteiger partial charge in [-0.3, -0.25) is 0 Å². The normalized spacial score (nSPS) is 20.6. The van der Waals surface area contributed by atoms with E-state index in [9.17, 15) is 51.1 Å². The van der Waals surface area contributed by atoms with E-state index in [1.54, 1.807) is 91.0 Å². The quantitative estimate of drug-likeness (QED) is 0.0722. The van der Waals surface area contributed by atoms with Gasteiger partial charge in [-0.1, -0.05) is 42.5 Å². The molecule has 0 saturated carbocycles. The van der Waals surface area contributed by atoms with Gasteiger partial charge in [-0.15, -0.1) is 0 Å². The van der Waals surface area contributed by atoms with Gasteiger partial charge in [-0.05, 0) is 141 Å². The van der Waals surface area contributed by atoms with Gasteiger partial charge in [0.25, 0.3) is 0 Å². The van der Waals surface area contributed by atoms with Crippen molar-refractivity contribution < 1.29 is 60.5 Å². The lowest BCUT2D eigenvalue weighted by atomic mass is 9.79. The van der Waals surface area contributed by atoms with Gasteiger partial charge >= 0.3 is 0 Å².